The number of aromatic nitrogens is 2. The Balaban J connectivity index is 2.55. The average molecular weight is 217 g/mol. The summed E-state index contributed by atoms with van der Waals surface area (Å²) in [7, 11) is 0. The van der Waals surface area contributed by atoms with Crippen molar-refractivity contribution in [2.24, 2.45) is 0 Å². The van der Waals surface area contributed by atoms with Crippen LogP contribution in [0.25, 0.3) is 11.3 Å². The first-order valence-corrected chi connectivity index (χ1v) is 4.86. The van der Waals surface area contributed by atoms with Crippen LogP contribution in [0, 0.1) is 24.0 Å². The molecule has 0 atom stereocenters. The molecule has 0 spiro atoms. The highest BCUT2D eigenvalue weighted by atomic mass is 16.6. The Morgan fingerprint density at radius 3 is 2.44 bits per heavy atom. The second-order valence-corrected chi connectivity index (χ2v) is 3.64. The Morgan fingerprint density at radius 1 is 1.25 bits per heavy atom. The Bertz CT molecular complexity index is 529. The number of aryl methyl sites for hydroxylation is 2. The molecule has 0 amide bonds. The zero-order valence-corrected chi connectivity index (χ0v) is 9.02. The summed E-state index contributed by atoms with van der Waals surface area (Å²) < 4.78 is 0. The fourth-order valence-corrected chi connectivity index (χ4v) is 1.52. The average Bonchev–Trinajstić information content (AvgIpc) is 2.61. The summed E-state index contributed by atoms with van der Waals surface area (Å²) in [5.41, 5.74) is 2.25. The van der Waals surface area contributed by atoms with Crippen molar-refractivity contribution in [3.63, 3.8) is 0 Å². The monoisotopic (exact) mass is 217 g/mol. The van der Waals surface area contributed by atoms with Crippen LogP contribution >= 0.6 is 0 Å². The van der Waals surface area contributed by atoms with Gasteiger partial charge in [0, 0.05) is 12.5 Å². The van der Waals surface area contributed by atoms with Crippen molar-refractivity contribution in [2.45, 2.75) is 13.8 Å². The summed E-state index contributed by atoms with van der Waals surface area (Å²) in [5, 5.41) is 10.8. The number of aromatic amines is 1. The van der Waals surface area contributed by atoms with Gasteiger partial charge in [0.05, 0.1) is 0 Å². The molecule has 0 unspecified atom stereocenters. The van der Waals surface area contributed by atoms with Gasteiger partial charge < -0.3 is 10.1 Å². The van der Waals surface area contributed by atoms with Crippen LogP contribution in [0.1, 0.15) is 11.4 Å². The van der Waals surface area contributed by atoms with Crippen LogP contribution in [-0.2, 0) is 0 Å². The number of rotatable bonds is 2. The third-order valence-corrected chi connectivity index (χ3v) is 2.31. The quantitative estimate of drug-likeness (QED) is 0.620. The van der Waals surface area contributed by atoms with Gasteiger partial charge in [0.25, 0.3) is 0 Å². The van der Waals surface area contributed by atoms with Crippen molar-refractivity contribution < 1.29 is 4.92 Å². The van der Waals surface area contributed by atoms with Crippen molar-refractivity contribution in [1.29, 1.82) is 0 Å². The molecule has 0 aliphatic heterocycles. The van der Waals surface area contributed by atoms with E-state index in [0.29, 0.717) is 11.5 Å². The van der Waals surface area contributed by atoms with Crippen LogP contribution in [0.4, 0.5) is 5.82 Å². The fraction of sp³-hybridized carbons (Fsp3) is 0.182. The zero-order chi connectivity index (χ0) is 11.7. The van der Waals surface area contributed by atoms with Crippen LogP contribution in [-0.4, -0.2) is 14.9 Å². The molecule has 1 aromatic carbocycles. The van der Waals surface area contributed by atoms with Gasteiger partial charge in [-0.3, -0.25) is 0 Å². The van der Waals surface area contributed by atoms with E-state index in [-0.39, 0.29) is 5.82 Å². The second kappa shape index (κ2) is 3.77. The summed E-state index contributed by atoms with van der Waals surface area (Å²) in [6, 6.07) is 7.47. The third kappa shape index (κ3) is 1.79. The largest absolute Gasteiger partial charge is 0.358 e. The minimum absolute atomic E-state index is 0.0543. The van der Waals surface area contributed by atoms with E-state index < -0.39 is 4.92 Å². The smallest absolute Gasteiger partial charge is 0.348 e. The maximum atomic E-state index is 10.8. The molecule has 1 N–H and O–H groups in total. The van der Waals surface area contributed by atoms with E-state index in [1.807, 2.05) is 31.2 Å². The van der Waals surface area contributed by atoms with Gasteiger partial charge in [-0.2, -0.15) is 0 Å². The second-order valence-electron chi connectivity index (χ2n) is 3.64. The predicted molar refractivity (Wildman–Crippen MR) is 60.2 cm³/mol. The number of nitrogens with one attached hydrogen (secondary N) is 1. The molecule has 0 aliphatic carbocycles. The van der Waals surface area contributed by atoms with Gasteiger partial charge in [-0.25, -0.2) is 9.97 Å². The lowest BCUT2D eigenvalue weighted by Crippen LogP contribution is -1.91. The van der Waals surface area contributed by atoms with E-state index in [1.54, 1.807) is 6.92 Å². The molecule has 0 aliphatic rings. The van der Waals surface area contributed by atoms with E-state index in [9.17, 15) is 10.1 Å². The standard InChI is InChI=1S/C11H11N3O2/c1-7-3-5-9(6-4-7)10-11(14(15)16)13-8(2)12-10/h3-6H,1-2H3,(H,12,13). The predicted octanol–water partition coefficient (Wildman–Crippen LogP) is 2.60. The summed E-state index contributed by atoms with van der Waals surface area (Å²) in [6.07, 6.45) is 0. The van der Waals surface area contributed by atoms with Crippen LogP contribution in [0.15, 0.2) is 24.3 Å². The molecule has 0 fully saturated rings. The molecular weight excluding hydrogens is 206 g/mol. The Labute approximate surface area is 92.3 Å². The number of nitrogens with zero attached hydrogens (tertiary/aromatic N) is 2. The van der Waals surface area contributed by atoms with Gasteiger partial charge in [0.15, 0.2) is 11.5 Å². The molecule has 16 heavy (non-hydrogen) atoms. The lowest BCUT2D eigenvalue weighted by Gasteiger charge is -1.98. The first-order chi connectivity index (χ1) is 7.58. The highest BCUT2D eigenvalue weighted by Gasteiger charge is 2.19. The normalized spacial score (nSPS) is 10.4. The zero-order valence-electron chi connectivity index (χ0n) is 9.02. The van der Waals surface area contributed by atoms with Gasteiger partial charge in [-0.1, -0.05) is 29.8 Å². The van der Waals surface area contributed by atoms with E-state index in [4.69, 9.17) is 0 Å². The minimum Gasteiger partial charge on any atom is -0.358 e. The lowest BCUT2D eigenvalue weighted by molar-refractivity contribution is -0.388. The Hall–Kier alpha value is -2.17. The molecule has 5 heteroatoms. The molecule has 82 valence electrons. The van der Waals surface area contributed by atoms with Crippen molar-refractivity contribution in [1.82, 2.24) is 9.97 Å². The van der Waals surface area contributed by atoms with Crippen molar-refractivity contribution in [2.75, 3.05) is 0 Å². The molecular formula is C11H11N3O2. The number of benzene rings is 1. The molecule has 0 radical (unpaired) electrons. The van der Waals surface area contributed by atoms with Crippen molar-refractivity contribution >= 4 is 5.82 Å². The van der Waals surface area contributed by atoms with Crippen LogP contribution in [0.2, 0.25) is 0 Å². The molecule has 1 aromatic heterocycles. The number of H-pyrrole nitrogens is 1. The minimum atomic E-state index is -0.449. The van der Waals surface area contributed by atoms with Crippen molar-refractivity contribution in [3.05, 3.63) is 45.8 Å². The summed E-state index contributed by atoms with van der Waals surface area (Å²) in [4.78, 5) is 17.1. The highest BCUT2D eigenvalue weighted by Crippen LogP contribution is 2.27. The molecule has 0 saturated carbocycles. The van der Waals surface area contributed by atoms with E-state index in [0.717, 1.165) is 11.1 Å². The summed E-state index contributed by atoms with van der Waals surface area (Å²) in [5.74, 6) is 0.489. The maximum absolute atomic E-state index is 10.8. The third-order valence-electron chi connectivity index (χ3n) is 2.31. The highest BCUT2D eigenvalue weighted by molar-refractivity contribution is 5.67. The molecule has 0 bridgehead atoms. The number of hydrogen-bond acceptors (Lipinski definition) is 3. The van der Waals surface area contributed by atoms with E-state index >= 15 is 0 Å². The molecule has 0 saturated heterocycles. The number of hydrogen-bond donors (Lipinski definition) is 1. The Morgan fingerprint density at radius 2 is 1.88 bits per heavy atom. The van der Waals surface area contributed by atoms with E-state index in [2.05, 4.69) is 9.97 Å². The van der Waals surface area contributed by atoms with Gasteiger partial charge in [-0.05, 0) is 11.8 Å². The summed E-state index contributed by atoms with van der Waals surface area (Å²) >= 11 is 0. The number of imidazole rings is 1. The number of nitro groups is 1. The molecule has 5 nitrogen and oxygen atoms in total. The molecule has 2 rings (SSSR count). The fourth-order valence-electron chi connectivity index (χ4n) is 1.52. The first-order valence-electron chi connectivity index (χ1n) is 4.86. The molecule has 2 aromatic rings. The van der Waals surface area contributed by atoms with Crippen LogP contribution in [0.5, 0.6) is 0 Å². The van der Waals surface area contributed by atoms with Gasteiger partial charge in [0.1, 0.15) is 0 Å². The lowest BCUT2D eigenvalue weighted by atomic mass is 10.1. The Kier molecular flexibility index (Phi) is 2.44. The maximum Gasteiger partial charge on any atom is 0.348 e. The van der Waals surface area contributed by atoms with Gasteiger partial charge >= 0.3 is 5.82 Å². The topological polar surface area (TPSA) is 71.8 Å². The molecule has 1 heterocycles. The van der Waals surface area contributed by atoms with Gasteiger partial charge in [0.2, 0.25) is 0 Å². The van der Waals surface area contributed by atoms with Crippen LogP contribution in [0.3, 0.4) is 0 Å². The SMILES string of the molecule is Cc1ccc(-c2nc(C)[nH]c2[N+](=O)[O-])cc1. The van der Waals surface area contributed by atoms with Crippen molar-refractivity contribution in [3.8, 4) is 11.3 Å². The summed E-state index contributed by atoms with van der Waals surface area (Å²) in [6.45, 7) is 3.67. The first kappa shape index (κ1) is 10.4. The van der Waals surface area contributed by atoms with Crippen LogP contribution < -0.4 is 0 Å². The van der Waals surface area contributed by atoms with Gasteiger partial charge in [-0.15, -0.1) is 0 Å². The van der Waals surface area contributed by atoms with E-state index in [1.165, 1.54) is 0 Å².